The summed E-state index contributed by atoms with van der Waals surface area (Å²) < 4.78 is 12.9. The van der Waals surface area contributed by atoms with Crippen LogP contribution in [0.3, 0.4) is 0 Å². The molecule has 0 aliphatic heterocycles. The van der Waals surface area contributed by atoms with Crippen LogP contribution in [0.4, 0.5) is 4.79 Å². The molecule has 5 rings (SSSR count). The molecule has 0 radical (unpaired) electrons. The summed E-state index contributed by atoms with van der Waals surface area (Å²) in [6, 6.07) is 15.8. The van der Waals surface area contributed by atoms with Crippen LogP contribution in [0.5, 0.6) is 5.75 Å². The minimum Gasteiger partial charge on any atom is -0.490 e. The highest BCUT2D eigenvalue weighted by Gasteiger charge is 2.48. The number of amides is 2. The van der Waals surface area contributed by atoms with Crippen molar-refractivity contribution in [3.05, 3.63) is 82.6 Å². The number of unbranched alkanes of at least 4 members (excludes halogenated alkanes) is 1. The topological polar surface area (TPSA) is 174 Å². The molecule has 2 aliphatic rings. The maximum Gasteiger partial charge on any atom is 0.314 e. The summed E-state index contributed by atoms with van der Waals surface area (Å²) in [5.74, 6) is 1.15. The second-order valence-corrected chi connectivity index (χ2v) is 13.6. The van der Waals surface area contributed by atoms with Crippen LogP contribution in [-0.4, -0.2) is 86.8 Å². The quantitative estimate of drug-likeness (QED) is 0.0908. The number of nitrogens with zero attached hydrogens (tertiary/aromatic N) is 1. The Morgan fingerprint density at radius 2 is 1.76 bits per heavy atom. The minimum atomic E-state index is -1.74. The molecule has 266 valence electrons. The molecule has 12 heteroatoms. The Kier molecular flexibility index (Phi) is 12.9. The van der Waals surface area contributed by atoms with Crippen molar-refractivity contribution in [2.75, 3.05) is 19.7 Å². The molecule has 1 aromatic heterocycles. The molecule has 3 aromatic rings. The number of aliphatic hydroxyl groups excluding tert-OH is 5. The number of hydrogen-bond donors (Lipinski definition) is 7. The molecule has 2 aliphatic carbocycles. The Hall–Kier alpha value is -3.29. The lowest BCUT2D eigenvalue weighted by Gasteiger charge is -2.25. The molecule has 2 saturated carbocycles. The monoisotopic (exact) mass is 697 g/mol. The lowest BCUT2D eigenvalue weighted by atomic mass is 9.94. The molecule has 5 unspecified atom stereocenters. The number of aromatic nitrogens is 1. The van der Waals surface area contributed by atoms with Crippen molar-refractivity contribution in [3.63, 3.8) is 0 Å². The van der Waals surface area contributed by atoms with Gasteiger partial charge < -0.3 is 45.6 Å². The summed E-state index contributed by atoms with van der Waals surface area (Å²) in [7, 11) is 0. The number of carbonyl (C=O) groups excluding carboxylic acids is 1. The number of nitrogens with one attached hydrogen (secondary N) is 2. The molecule has 11 nitrogen and oxygen atoms in total. The first-order chi connectivity index (χ1) is 23.6. The average Bonchev–Trinajstić information content (AvgIpc) is 4.07. The van der Waals surface area contributed by atoms with Crippen LogP contribution in [0.25, 0.3) is 11.1 Å². The molecule has 2 aromatic carbocycles. The van der Waals surface area contributed by atoms with Crippen LogP contribution in [0.2, 0.25) is 5.02 Å². The van der Waals surface area contributed by atoms with Gasteiger partial charge in [-0.05, 0) is 79.3 Å². The van der Waals surface area contributed by atoms with Gasteiger partial charge in [0, 0.05) is 41.6 Å². The van der Waals surface area contributed by atoms with Crippen molar-refractivity contribution in [1.82, 2.24) is 15.6 Å². The van der Waals surface area contributed by atoms with E-state index in [1.54, 1.807) is 0 Å². The Morgan fingerprint density at radius 1 is 1.00 bits per heavy atom. The minimum absolute atomic E-state index is 0.255. The first-order valence-electron chi connectivity index (χ1n) is 17.1. The second-order valence-electron chi connectivity index (χ2n) is 13.2. The van der Waals surface area contributed by atoms with Crippen molar-refractivity contribution in [1.29, 1.82) is 0 Å². The van der Waals surface area contributed by atoms with Gasteiger partial charge in [0.1, 0.15) is 24.1 Å². The molecule has 7 N–H and O–H groups in total. The zero-order chi connectivity index (χ0) is 35.0. The van der Waals surface area contributed by atoms with E-state index in [-0.39, 0.29) is 12.5 Å². The van der Waals surface area contributed by atoms with E-state index in [2.05, 4.69) is 34.7 Å². The molecule has 2 amide bonds. The summed E-state index contributed by atoms with van der Waals surface area (Å²) in [4.78, 5) is 16.6. The van der Waals surface area contributed by atoms with E-state index < -0.39 is 42.7 Å². The summed E-state index contributed by atoms with van der Waals surface area (Å²) >= 11 is 6.65. The molecule has 0 saturated heterocycles. The van der Waals surface area contributed by atoms with Gasteiger partial charge in [0.05, 0.1) is 31.0 Å². The van der Waals surface area contributed by atoms with Gasteiger partial charge in [-0.25, -0.2) is 4.79 Å². The Labute approximate surface area is 292 Å². The number of pyridine rings is 1. The van der Waals surface area contributed by atoms with E-state index in [1.165, 1.54) is 0 Å². The fourth-order valence-corrected chi connectivity index (χ4v) is 6.04. The van der Waals surface area contributed by atoms with E-state index in [0.29, 0.717) is 24.3 Å². The van der Waals surface area contributed by atoms with Crippen LogP contribution >= 0.6 is 11.6 Å². The van der Waals surface area contributed by atoms with E-state index in [0.717, 1.165) is 78.5 Å². The lowest BCUT2D eigenvalue weighted by molar-refractivity contribution is -0.113. The van der Waals surface area contributed by atoms with Crippen LogP contribution in [0.15, 0.2) is 60.9 Å². The molecule has 0 spiro atoms. The molecule has 1 heterocycles. The fourth-order valence-electron chi connectivity index (χ4n) is 5.87. The smallest absolute Gasteiger partial charge is 0.314 e. The highest BCUT2D eigenvalue weighted by atomic mass is 35.5. The second kappa shape index (κ2) is 17.1. The van der Waals surface area contributed by atoms with Gasteiger partial charge in [-0.1, -0.05) is 55.3 Å². The van der Waals surface area contributed by atoms with E-state index in [4.69, 9.17) is 26.2 Å². The van der Waals surface area contributed by atoms with Crippen molar-refractivity contribution in [3.8, 4) is 16.9 Å². The van der Waals surface area contributed by atoms with E-state index in [1.807, 2.05) is 48.8 Å². The zero-order valence-corrected chi connectivity index (χ0v) is 28.6. The van der Waals surface area contributed by atoms with Gasteiger partial charge >= 0.3 is 6.03 Å². The van der Waals surface area contributed by atoms with Crippen LogP contribution in [-0.2, 0) is 16.9 Å². The fraction of sp³-hybridized carbons (Fsp3) is 0.514. The van der Waals surface area contributed by atoms with Gasteiger partial charge in [0.15, 0.2) is 0 Å². The van der Waals surface area contributed by atoms with Crippen molar-refractivity contribution in [2.24, 2.45) is 0 Å². The first kappa shape index (κ1) is 37.0. The number of aliphatic hydroxyl groups is 5. The maximum absolute atomic E-state index is 12.1. The third-order valence-electron chi connectivity index (χ3n) is 9.30. The number of halogens is 1. The molecule has 5 atom stereocenters. The first-order valence-corrected chi connectivity index (χ1v) is 17.5. The van der Waals surface area contributed by atoms with E-state index in [9.17, 15) is 25.2 Å². The predicted octanol–water partition coefficient (Wildman–Crippen LogP) is 4.16. The Morgan fingerprint density at radius 3 is 2.49 bits per heavy atom. The van der Waals surface area contributed by atoms with Crippen LogP contribution in [0.1, 0.15) is 74.5 Å². The number of rotatable bonds is 19. The van der Waals surface area contributed by atoms with Gasteiger partial charge in [0.2, 0.25) is 0 Å². The number of urea groups is 1. The number of carbonyl (C=O) groups is 1. The summed E-state index contributed by atoms with van der Waals surface area (Å²) in [6.07, 6.45) is 3.91. The standard InChI is InChI=1S/C37H48ClN3O8/c1-23(6-4-5-16-40-36(47)41-20-31(43)34(45)35(46)32(44)21-42)24-9-12-30(38)25(18-24)22-48-37(14-15-37)29-19-39-17-13-27(29)28-7-2-3-8-33(28)49-26-10-11-26/h2-3,7-9,12-13,17-19,23,26,31-32,34-35,42-46H,4-6,10-11,14-16,20-22H2,1H3,(H2,40,41,47). The van der Waals surface area contributed by atoms with Gasteiger partial charge in [-0.3, -0.25) is 4.98 Å². The largest absolute Gasteiger partial charge is 0.490 e. The highest BCUT2D eigenvalue weighted by Crippen LogP contribution is 2.53. The molecule has 49 heavy (non-hydrogen) atoms. The Bertz CT molecular complexity index is 1530. The van der Waals surface area contributed by atoms with Crippen molar-refractivity contribution in [2.45, 2.75) is 101 Å². The molecule has 0 bridgehead atoms. The van der Waals surface area contributed by atoms with Crippen LogP contribution in [0, 0.1) is 0 Å². The van der Waals surface area contributed by atoms with Crippen molar-refractivity contribution >= 4 is 17.6 Å². The zero-order valence-electron chi connectivity index (χ0n) is 27.8. The third-order valence-corrected chi connectivity index (χ3v) is 9.67. The summed E-state index contributed by atoms with van der Waals surface area (Å²) in [5, 5.41) is 53.6. The number of benzene rings is 2. The number of hydrogen-bond acceptors (Lipinski definition) is 9. The third kappa shape index (κ3) is 9.91. The van der Waals surface area contributed by atoms with E-state index >= 15 is 0 Å². The van der Waals surface area contributed by atoms with Gasteiger partial charge in [0.25, 0.3) is 0 Å². The predicted molar refractivity (Wildman–Crippen MR) is 185 cm³/mol. The number of ether oxygens (including phenoxy) is 2. The maximum atomic E-state index is 12.1. The van der Waals surface area contributed by atoms with Gasteiger partial charge in [-0.15, -0.1) is 0 Å². The number of para-hydroxylation sites is 1. The van der Waals surface area contributed by atoms with Gasteiger partial charge in [-0.2, -0.15) is 0 Å². The average molecular weight is 698 g/mol. The molecular formula is C37H48ClN3O8. The summed E-state index contributed by atoms with van der Waals surface area (Å²) in [5.41, 5.74) is 4.86. The van der Waals surface area contributed by atoms with Crippen molar-refractivity contribution < 1.29 is 39.8 Å². The summed E-state index contributed by atoms with van der Waals surface area (Å²) in [6.45, 7) is 1.84. The SMILES string of the molecule is CC(CCCCNC(=O)NCC(O)C(O)C(O)C(O)CO)c1ccc(Cl)c(COC2(c3cnccc3-c3ccccc3OC3CC3)CC2)c1. The van der Waals surface area contributed by atoms with Crippen LogP contribution < -0.4 is 15.4 Å². The molecular weight excluding hydrogens is 650 g/mol. The Balaban J connectivity index is 1.09. The highest BCUT2D eigenvalue weighted by molar-refractivity contribution is 6.31. The molecule has 2 fully saturated rings. The normalized spacial score (nSPS) is 18.2. The lowest BCUT2D eigenvalue weighted by Crippen LogP contribution is -2.50.